The maximum Gasteiger partial charge on any atom is 0.323 e. The second kappa shape index (κ2) is 14.3. The fourth-order valence-electron chi connectivity index (χ4n) is 2.83. The highest BCUT2D eigenvalue weighted by molar-refractivity contribution is 5.99. The van der Waals surface area contributed by atoms with Crippen molar-refractivity contribution < 1.29 is 19.1 Å². The van der Waals surface area contributed by atoms with Crippen molar-refractivity contribution in [2.45, 2.75) is 98.3 Å². The van der Waals surface area contributed by atoms with E-state index in [4.69, 9.17) is 9.47 Å². The van der Waals surface area contributed by atoms with Crippen LogP contribution in [0.25, 0.3) is 0 Å². The zero-order valence-electron chi connectivity index (χ0n) is 16.3. The fraction of sp³-hybridized carbons (Fsp3) is 0.900. The van der Waals surface area contributed by atoms with Crippen LogP contribution in [0.4, 0.5) is 0 Å². The van der Waals surface area contributed by atoms with Crippen LogP contribution >= 0.6 is 0 Å². The quantitative estimate of drug-likeness (QED) is 0.226. The van der Waals surface area contributed by atoms with Gasteiger partial charge in [0.25, 0.3) is 0 Å². The van der Waals surface area contributed by atoms with Crippen LogP contribution in [0.5, 0.6) is 0 Å². The molecule has 0 aliphatic carbocycles. The number of unbranched alkanes of at least 4 members (excludes halogenated alkanes) is 9. The molecule has 0 fully saturated rings. The van der Waals surface area contributed by atoms with Gasteiger partial charge in [-0.2, -0.15) is 0 Å². The fourth-order valence-corrected chi connectivity index (χ4v) is 2.83. The summed E-state index contributed by atoms with van der Waals surface area (Å²) in [6.07, 6.45) is 12.7. The predicted octanol–water partition coefficient (Wildman–Crippen LogP) is 5.43. The van der Waals surface area contributed by atoms with E-state index in [1.54, 1.807) is 20.8 Å². The zero-order chi connectivity index (χ0) is 18.3. The van der Waals surface area contributed by atoms with Crippen molar-refractivity contribution in [1.29, 1.82) is 0 Å². The standard InChI is InChI=1S/C20H38O4/c1-5-8-9-10-11-12-13-14-15-16-17-20(4,18(21)23-6-2)19(22)24-7-3/h5-17H2,1-4H3. The Hall–Kier alpha value is -1.06. The molecule has 0 radical (unpaired) electrons. The first kappa shape index (κ1) is 22.9. The Morgan fingerprint density at radius 3 is 1.42 bits per heavy atom. The third kappa shape index (κ3) is 9.29. The van der Waals surface area contributed by atoms with Crippen molar-refractivity contribution in [2.75, 3.05) is 13.2 Å². The van der Waals surface area contributed by atoms with Gasteiger partial charge in [-0.1, -0.05) is 71.1 Å². The summed E-state index contributed by atoms with van der Waals surface area (Å²) < 4.78 is 10.2. The molecule has 0 heterocycles. The van der Waals surface area contributed by atoms with Gasteiger partial charge in [-0.15, -0.1) is 0 Å². The number of rotatable bonds is 15. The van der Waals surface area contributed by atoms with Crippen molar-refractivity contribution in [2.24, 2.45) is 5.41 Å². The lowest BCUT2D eigenvalue weighted by Crippen LogP contribution is -2.39. The Bertz CT molecular complexity index is 321. The van der Waals surface area contributed by atoms with Crippen molar-refractivity contribution >= 4 is 11.9 Å². The molecule has 0 saturated carbocycles. The molecule has 0 amide bonds. The van der Waals surface area contributed by atoms with Crippen LogP contribution in [0.3, 0.4) is 0 Å². The van der Waals surface area contributed by atoms with E-state index >= 15 is 0 Å². The van der Waals surface area contributed by atoms with E-state index in [0.717, 1.165) is 19.3 Å². The van der Waals surface area contributed by atoms with Crippen molar-refractivity contribution in [1.82, 2.24) is 0 Å². The summed E-state index contributed by atoms with van der Waals surface area (Å²) in [7, 11) is 0. The van der Waals surface area contributed by atoms with Gasteiger partial charge < -0.3 is 9.47 Å². The third-order valence-corrected chi connectivity index (χ3v) is 4.48. The molecule has 0 rings (SSSR count). The van der Waals surface area contributed by atoms with Gasteiger partial charge in [0, 0.05) is 0 Å². The van der Waals surface area contributed by atoms with Gasteiger partial charge in [-0.3, -0.25) is 9.59 Å². The molecular weight excluding hydrogens is 304 g/mol. The van der Waals surface area contributed by atoms with Gasteiger partial charge in [-0.05, 0) is 27.2 Å². The average Bonchev–Trinajstić information content (AvgIpc) is 2.56. The zero-order valence-corrected chi connectivity index (χ0v) is 16.3. The minimum absolute atomic E-state index is 0.284. The molecule has 0 bridgehead atoms. The number of carbonyl (C=O) groups excluding carboxylic acids is 2. The molecule has 0 aromatic rings. The first-order chi connectivity index (χ1) is 11.5. The van der Waals surface area contributed by atoms with E-state index in [2.05, 4.69) is 6.92 Å². The first-order valence-electron chi connectivity index (χ1n) is 9.87. The lowest BCUT2D eigenvalue weighted by molar-refractivity contribution is -0.171. The molecule has 0 atom stereocenters. The number of carbonyl (C=O) groups is 2. The van der Waals surface area contributed by atoms with Crippen LogP contribution in [0, 0.1) is 5.41 Å². The highest BCUT2D eigenvalue weighted by Crippen LogP contribution is 2.28. The topological polar surface area (TPSA) is 52.6 Å². The third-order valence-electron chi connectivity index (χ3n) is 4.48. The molecule has 0 aromatic heterocycles. The monoisotopic (exact) mass is 342 g/mol. The molecule has 0 spiro atoms. The molecule has 4 heteroatoms. The second-order valence-corrected chi connectivity index (χ2v) is 6.71. The van der Waals surface area contributed by atoms with E-state index in [1.807, 2.05) is 0 Å². The summed E-state index contributed by atoms with van der Waals surface area (Å²) in [6.45, 7) is 7.96. The first-order valence-corrected chi connectivity index (χ1v) is 9.87. The van der Waals surface area contributed by atoms with E-state index in [-0.39, 0.29) is 13.2 Å². The van der Waals surface area contributed by atoms with E-state index in [1.165, 1.54) is 44.9 Å². The summed E-state index contributed by atoms with van der Waals surface area (Å²) in [4.78, 5) is 24.3. The van der Waals surface area contributed by atoms with Gasteiger partial charge in [0.15, 0.2) is 5.41 Å². The van der Waals surface area contributed by atoms with Crippen molar-refractivity contribution in [3.05, 3.63) is 0 Å². The molecule has 4 nitrogen and oxygen atoms in total. The van der Waals surface area contributed by atoms with Crippen LogP contribution in [-0.2, 0) is 19.1 Å². The highest BCUT2D eigenvalue weighted by atomic mass is 16.6. The largest absolute Gasteiger partial charge is 0.465 e. The van der Waals surface area contributed by atoms with E-state index < -0.39 is 17.4 Å². The van der Waals surface area contributed by atoms with Crippen molar-refractivity contribution in [3.63, 3.8) is 0 Å². The number of esters is 2. The van der Waals surface area contributed by atoms with Gasteiger partial charge >= 0.3 is 11.9 Å². The number of hydrogen-bond donors (Lipinski definition) is 0. The molecule has 24 heavy (non-hydrogen) atoms. The summed E-state index contributed by atoms with van der Waals surface area (Å²) in [5.41, 5.74) is -1.16. The van der Waals surface area contributed by atoms with Crippen molar-refractivity contribution in [3.8, 4) is 0 Å². The van der Waals surface area contributed by atoms with Gasteiger partial charge in [-0.25, -0.2) is 0 Å². The van der Waals surface area contributed by atoms with E-state index in [9.17, 15) is 9.59 Å². The molecule has 0 saturated heterocycles. The lowest BCUT2D eigenvalue weighted by Gasteiger charge is -2.24. The smallest absolute Gasteiger partial charge is 0.323 e. The molecule has 142 valence electrons. The van der Waals surface area contributed by atoms with Gasteiger partial charge in [0.05, 0.1) is 13.2 Å². The van der Waals surface area contributed by atoms with Crippen LogP contribution < -0.4 is 0 Å². The molecule has 0 aliphatic rings. The summed E-state index contributed by atoms with van der Waals surface area (Å²) >= 11 is 0. The van der Waals surface area contributed by atoms with E-state index in [0.29, 0.717) is 6.42 Å². The van der Waals surface area contributed by atoms with Crippen LogP contribution in [0.15, 0.2) is 0 Å². The molecule has 0 aromatic carbocycles. The number of ether oxygens (including phenoxy) is 2. The Balaban J connectivity index is 4.03. The molecule has 0 N–H and O–H groups in total. The minimum Gasteiger partial charge on any atom is -0.465 e. The average molecular weight is 343 g/mol. The van der Waals surface area contributed by atoms with Crippen LogP contribution in [-0.4, -0.2) is 25.2 Å². The Morgan fingerprint density at radius 1 is 0.667 bits per heavy atom. The maximum atomic E-state index is 12.1. The Kier molecular flexibility index (Phi) is 13.7. The SMILES string of the molecule is CCCCCCCCCCCCC(C)(C(=O)OCC)C(=O)OCC. The Morgan fingerprint density at radius 2 is 1.04 bits per heavy atom. The Labute approximate surface area is 148 Å². The summed E-state index contributed by atoms with van der Waals surface area (Å²) in [6, 6.07) is 0. The predicted molar refractivity (Wildman–Crippen MR) is 97.8 cm³/mol. The second-order valence-electron chi connectivity index (χ2n) is 6.71. The lowest BCUT2D eigenvalue weighted by atomic mass is 9.84. The van der Waals surface area contributed by atoms with Crippen LogP contribution in [0.2, 0.25) is 0 Å². The normalized spacial score (nSPS) is 11.3. The van der Waals surface area contributed by atoms with Crippen LogP contribution in [0.1, 0.15) is 98.3 Å². The molecular formula is C20H38O4. The minimum atomic E-state index is -1.16. The number of hydrogen-bond acceptors (Lipinski definition) is 4. The van der Waals surface area contributed by atoms with Gasteiger partial charge in [0.1, 0.15) is 0 Å². The maximum absolute atomic E-state index is 12.1. The molecule has 0 unspecified atom stereocenters. The molecule has 0 aliphatic heterocycles. The highest BCUT2D eigenvalue weighted by Gasteiger charge is 2.43. The summed E-state index contributed by atoms with van der Waals surface area (Å²) in [5, 5.41) is 0. The van der Waals surface area contributed by atoms with Gasteiger partial charge in [0.2, 0.25) is 0 Å². The summed E-state index contributed by atoms with van der Waals surface area (Å²) in [5.74, 6) is -0.918.